The van der Waals surface area contributed by atoms with Crippen LogP contribution in [0.25, 0.3) is 0 Å². The monoisotopic (exact) mass is 215 g/mol. The van der Waals surface area contributed by atoms with E-state index in [0.717, 1.165) is 11.4 Å². The third-order valence-corrected chi connectivity index (χ3v) is 2.20. The van der Waals surface area contributed by atoms with Crippen LogP contribution in [0.2, 0.25) is 0 Å². The van der Waals surface area contributed by atoms with Gasteiger partial charge >= 0.3 is 0 Å². The highest BCUT2D eigenvalue weighted by Gasteiger charge is 1.97. The smallest absolute Gasteiger partial charge is 0.115 e. The number of nitrogen functional groups attached to an aromatic ring is 2. The third-order valence-electron chi connectivity index (χ3n) is 2.20. The molecule has 1 aromatic carbocycles. The molecule has 0 aliphatic rings. The Kier molecular flexibility index (Phi) is 2.86. The molecule has 0 aliphatic heterocycles. The average molecular weight is 215 g/mol. The van der Waals surface area contributed by atoms with Crippen LogP contribution in [0.1, 0.15) is 5.69 Å². The van der Waals surface area contributed by atoms with Crippen molar-refractivity contribution in [1.82, 2.24) is 9.97 Å². The first-order valence-electron chi connectivity index (χ1n) is 4.89. The highest BCUT2D eigenvalue weighted by Crippen LogP contribution is 2.19. The Labute approximate surface area is 93.5 Å². The van der Waals surface area contributed by atoms with Gasteiger partial charge in [-0.3, -0.25) is 0 Å². The molecule has 16 heavy (non-hydrogen) atoms. The van der Waals surface area contributed by atoms with Crippen molar-refractivity contribution in [2.24, 2.45) is 0 Å². The molecule has 0 aliphatic carbocycles. The highest BCUT2D eigenvalue weighted by molar-refractivity contribution is 5.69. The fourth-order valence-corrected chi connectivity index (χ4v) is 1.30. The molecule has 5 N–H and O–H groups in total. The molecule has 82 valence electrons. The van der Waals surface area contributed by atoms with Gasteiger partial charge in [-0.05, 0) is 24.3 Å². The molecular weight excluding hydrogens is 202 g/mol. The van der Waals surface area contributed by atoms with Crippen LogP contribution >= 0.6 is 0 Å². The Morgan fingerprint density at radius 2 is 2.00 bits per heavy atom. The molecule has 1 aromatic heterocycles. The maximum absolute atomic E-state index is 5.70. The lowest BCUT2D eigenvalue weighted by molar-refractivity contribution is 1.01. The Balaban J connectivity index is 2.03. The number of nitrogens with zero attached hydrogens (tertiary/aromatic N) is 2. The normalized spacial score (nSPS) is 10.0. The van der Waals surface area contributed by atoms with Gasteiger partial charge in [0.2, 0.25) is 0 Å². The van der Waals surface area contributed by atoms with E-state index in [2.05, 4.69) is 15.3 Å². The van der Waals surface area contributed by atoms with Gasteiger partial charge in [-0.25, -0.2) is 9.97 Å². The van der Waals surface area contributed by atoms with Crippen molar-refractivity contribution < 1.29 is 0 Å². The van der Waals surface area contributed by atoms with Crippen LogP contribution < -0.4 is 16.8 Å². The second kappa shape index (κ2) is 4.48. The summed E-state index contributed by atoms with van der Waals surface area (Å²) in [4.78, 5) is 7.95. The van der Waals surface area contributed by atoms with Gasteiger partial charge in [0, 0.05) is 11.9 Å². The standard InChI is InChI=1S/C11H13N5/c12-10-2-1-8(5-11(10)13)15-6-9-3-4-14-7-16-9/h1-5,7,15H,6,12-13H2. The second-order valence-corrected chi connectivity index (χ2v) is 3.40. The molecule has 0 fully saturated rings. The van der Waals surface area contributed by atoms with Gasteiger partial charge in [-0.15, -0.1) is 0 Å². The first-order valence-corrected chi connectivity index (χ1v) is 4.89. The maximum Gasteiger partial charge on any atom is 0.115 e. The molecule has 0 radical (unpaired) electrons. The molecular formula is C11H13N5. The van der Waals surface area contributed by atoms with Crippen LogP contribution in [0, 0.1) is 0 Å². The van der Waals surface area contributed by atoms with E-state index in [9.17, 15) is 0 Å². The van der Waals surface area contributed by atoms with Crippen molar-refractivity contribution in [3.8, 4) is 0 Å². The van der Waals surface area contributed by atoms with E-state index in [1.54, 1.807) is 18.3 Å². The molecule has 5 heteroatoms. The number of rotatable bonds is 3. The Hall–Kier alpha value is -2.30. The van der Waals surface area contributed by atoms with Crippen LogP contribution in [0.5, 0.6) is 0 Å². The fraction of sp³-hybridized carbons (Fsp3) is 0.0909. The van der Waals surface area contributed by atoms with Gasteiger partial charge < -0.3 is 16.8 Å². The highest BCUT2D eigenvalue weighted by atomic mass is 14.9. The molecule has 2 rings (SSSR count). The Morgan fingerprint density at radius 3 is 2.69 bits per heavy atom. The first kappa shape index (κ1) is 10.2. The van der Waals surface area contributed by atoms with Crippen molar-refractivity contribution in [2.45, 2.75) is 6.54 Å². The van der Waals surface area contributed by atoms with Gasteiger partial charge in [0.1, 0.15) is 6.33 Å². The largest absolute Gasteiger partial charge is 0.397 e. The van der Waals surface area contributed by atoms with E-state index in [0.29, 0.717) is 17.9 Å². The third kappa shape index (κ3) is 2.38. The quantitative estimate of drug-likeness (QED) is 0.670. The molecule has 0 unspecified atom stereocenters. The molecule has 1 heterocycles. The van der Waals surface area contributed by atoms with E-state index >= 15 is 0 Å². The molecule has 0 spiro atoms. The zero-order chi connectivity index (χ0) is 11.4. The van der Waals surface area contributed by atoms with E-state index in [1.807, 2.05) is 12.1 Å². The molecule has 0 saturated heterocycles. The zero-order valence-corrected chi connectivity index (χ0v) is 8.72. The predicted molar refractivity (Wildman–Crippen MR) is 64.6 cm³/mol. The summed E-state index contributed by atoms with van der Waals surface area (Å²) in [7, 11) is 0. The van der Waals surface area contributed by atoms with Gasteiger partial charge in [-0.1, -0.05) is 0 Å². The molecule has 0 amide bonds. The van der Waals surface area contributed by atoms with Crippen molar-refractivity contribution in [3.05, 3.63) is 42.5 Å². The number of benzene rings is 1. The number of hydrogen-bond donors (Lipinski definition) is 3. The minimum atomic E-state index is 0.577. The lowest BCUT2D eigenvalue weighted by Crippen LogP contribution is -2.03. The number of anilines is 3. The average Bonchev–Trinajstić information content (AvgIpc) is 2.32. The summed E-state index contributed by atoms with van der Waals surface area (Å²) in [6.07, 6.45) is 3.23. The predicted octanol–water partition coefficient (Wildman–Crippen LogP) is 1.25. The minimum Gasteiger partial charge on any atom is -0.397 e. The lowest BCUT2D eigenvalue weighted by Gasteiger charge is -2.07. The summed E-state index contributed by atoms with van der Waals surface area (Å²) in [5, 5.41) is 3.20. The lowest BCUT2D eigenvalue weighted by atomic mass is 10.2. The van der Waals surface area contributed by atoms with E-state index in [4.69, 9.17) is 11.5 Å². The van der Waals surface area contributed by atoms with Crippen LogP contribution in [0.4, 0.5) is 17.1 Å². The summed E-state index contributed by atoms with van der Waals surface area (Å²) >= 11 is 0. The van der Waals surface area contributed by atoms with E-state index in [1.165, 1.54) is 6.33 Å². The minimum absolute atomic E-state index is 0.577. The maximum atomic E-state index is 5.70. The number of nitrogens with two attached hydrogens (primary N) is 2. The summed E-state index contributed by atoms with van der Waals surface area (Å²) in [5.41, 5.74) is 14.3. The Bertz CT molecular complexity index is 469. The summed E-state index contributed by atoms with van der Waals surface area (Å²) in [5.74, 6) is 0. The number of hydrogen-bond acceptors (Lipinski definition) is 5. The number of nitrogens with one attached hydrogen (secondary N) is 1. The van der Waals surface area contributed by atoms with Crippen LogP contribution in [0.3, 0.4) is 0 Å². The molecule has 0 saturated carbocycles. The van der Waals surface area contributed by atoms with Crippen molar-refractivity contribution in [3.63, 3.8) is 0 Å². The second-order valence-electron chi connectivity index (χ2n) is 3.40. The van der Waals surface area contributed by atoms with Crippen LogP contribution in [-0.2, 0) is 6.54 Å². The fourth-order valence-electron chi connectivity index (χ4n) is 1.30. The topological polar surface area (TPSA) is 89.8 Å². The van der Waals surface area contributed by atoms with Gasteiger partial charge in [0.05, 0.1) is 23.6 Å². The van der Waals surface area contributed by atoms with E-state index < -0.39 is 0 Å². The van der Waals surface area contributed by atoms with Gasteiger partial charge in [-0.2, -0.15) is 0 Å². The zero-order valence-electron chi connectivity index (χ0n) is 8.72. The van der Waals surface area contributed by atoms with Gasteiger partial charge in [0.25, 0.3) is 0 Å². The van der Waals surface area contributed by atoms with Crippen molar-refractivity contribution >= 4 is 17.1 Å². The van der Waals surface area contributed by atoms with E-state index in [-0.39, 0.29) is 0 Å². The summed E-state index contributed by atoms with van der Waals surface area (Å²) in [6, 6.07) is 7.31. The molecule has 2 aromatic rings. The Morgan fingerprint density at radius 1 is 1.12 bits per heavy atom. The summed E-state index contributed by atoms with van der Waals surface area (Å²) in [6.45, 7) is 0.631. The molecule has 0 bridgehead atoms. The molecule has 5 nitrogen and oxygen atoms in total. The number of aromatic nitrogens is 2. The van der Waals surface area contributed by atoms with Crippen molar-refractivity contribution in [2.75, 3.05) is 16.8 Å². The van der Waals surface area contributed by atoms with Gasteiger partial charge in [0.15, 0.2) is 0 Å². The summed E-state index contributed by atoms with van der Waals surface area (Å²) < 4.78 is 0. The molecule has 0 atom stereocenters. The van der Waals surface area contributed by atoms with Crippen LogP contribution in [0.15, 0.2) is 36.8 Å². The first-order chi connectivity index (χ1) is 7.75. The van der Waals surface area contributed by atoms with Crippen LogP contribution in [-0.4, -0.2) is 9.97 Å². The SMILES string of the molecule is Nc1ccc(NCc2ccncn2)cc1N. The van der Waals surface area contributed by atoms with Crippen molar-refractivity contribution in [1.29, 1.82) is 0 Å².